The molecule has 0 aliphatic heterocycles. The van der Waals surface area contributed by atoms with Crippen LogP contribution in [0.1, 0.15) is 26.2 Å². The Bertz CT molecular complexity index is 175. The molecule has 0 aliphatic carbocycles. The fourth-order valence-corrected chi connectivity index (χ4v) is 0.995. The van der Waals surface area contributed by atoms with Crippen LogP contribution in [0.15, 0.2) is 0 Å². The van der Waals surface area contributed by atoms with Crippen LogP contribution in [0.5, 0.6) is 0 Å². The lowest BCUT2D eigenvalue weighted by Gasteiger charge is -2.05. The normalized spacial score (nSPS) is 9.73. The summed E-state index contributed by atoms with van der Waals surface area (Å²) in [7, 11) is 1.80. The maximum absolute atomic E-state index is 11.1. The van der Waals surface area contributed by atoms with Gasteiger partial charge >= 0.3 is 0 Å². The predicted molar refractivity (Wildman–Crippen MR) is 59.5 cm³/mol. The molecule has 0 saturated carbocycles. The first kappa shape index (κ1) is 13.9. The quantitative estimate of drug-likeness (QED) is 0.517. The average molecular weight is 215 g/mol. The van der Waals surface area contributed by atoms with Crippen LogP contribution in [0.3, 0.4) is 0 Å². The van der Waals surface area contributed by atoms with Crippen LogP contribution in [-0.2, 0) is 9.59 Å². The van der Waals surface area contributed by atoms with Crippen LogP contribution in [0.2, 0.25) is 0 Å². The van der Waals surface area contributed by atoms with E-state index in [0.29, 0.717) is 32.5 Å². The van der Waals surface area contributed by atoms with Crippen molar-refractivity contribution in [2.45, 2.75) is 26.2 Å². The molecule has 5 nitrogen and oxygen atoms in total. The Hall–Kier alpha value is -1.10. The number of hydrogen-bond donors (Lipinski definition) is 3. The van der Waals surface area contributed by atoms with Crippen molar-refractivity contribution in [1.29, 1.82) is 0 Å². The molecule has 0 rings (SSSR count). The Kier molecular flexibility index (Phi) is 8.76. The van der Waals surface area contributed by atoms with E-state index in [2.05, 4.69) is 16.0 Å². The minimum atomic E-state index is -0.0207. The van der Waals surface area contributed by atoms with Gasteiger partial charge in [0.15, 0.2) is 0 Å². The lowest BCUT2D eigenvalue weighted by molar-refractivity contribution is -0.122. The topological polar surface area (TPSA) is 70.2 Å². The maximum Gasteiger partial charge on any atom is 0.221 e. The zero-order valence-corrected chi connectivity index (χ0v) is 9.56. The van der Waals surface area contributed by atoms with Crippen LogP contribution in [0.25, 0.3) is 0 Å². The molecule has 0 aromatic rings. The first-order valence-electron chi connectivity index (χ1n) is 5.38. The molecule has 0 unspecified atom stereocenters. The van der Waals surface area contributed by atoms with Crippen LogP contribution in [0, 0.1) is 0 Å². The molecule has 0 aromatic carbocycles. The minimum absolute atomic E-state index is 0.00855. The van der Waals surface area contributed by atoms with E-state index in [0.717, 1.165) is 6.42 Å². The van der Waals surface area contributed by atoms with Gasteiger partial charge in [-0.25, -0.2) is 0 Å². The summed E-state index contributed by atoms with van der Waals surface area (Å²) in [6.07, 6.45) is 1.73. The van der Waals surface area contributed by atoms with Gasteiger partial charge < -0.3 is 16.0 Å². The van der Waals surface area contributed by atoms with E-state index >= 15 is 0 Å². The number of nitrogens with one attached hydrogen (secondary N) is 3. The highest BCUT2D eigenvalue weighted by Gasteiger charge is 2.02. The predicted octanol–water partition coefficient (Wildman–Crippen LogP) is -0.372. The molecule has 0 aliphatic rings. The Morgan fingerprint density at radius 2 is 1.47 bits per heavy atom. The summed E-state index contributed by atoms with van der Waals surface area (Å²) in [5.74, 6) is -0.0293. The van der Waals surface area contributed by atoms with Gasteiger partial charge in [0.25, 0.3) is 0 Å². The van der Waals surface area contributed by atoms with Gasteiger partial charge in [-0.2, -0.15) is 0 Å². The SMILES string of the molecule is CCCNC(=O)CCNC(=O)CCNC. The largest absolute Gasteiger partial charge is 0.356 e. The van der Waals surface area contributed by atoms with E-state index in [9.17, 15) is 9.59 Å². The highest BCUT2D eigenvalue weighted by Crippen LogP contribution is 1.81. The smallest absolute Gasteiger partial charge is 0.221 e. The number of hydrogen-bond acceptors (Lipinski definition) is 3. The minimum Gasteiger partial charge on any atom is -0.356 e. The average Bonchev–Trinajstić information content (AvgIpc) is 2.23. The van der Waals surface area contributed by atoms with E-state index in [-0.39, 0.29) is 11.8 Å². The van der Waals surface area contributed by atoms with E-state index in [1.165, 1.54) is 0 Å². The molecule has 0 spiro atoms. The summed E-state index contributed by atoms with van der Waals surface area (Å²) in [6, 6.07) is 0. The van der Waals surface area contributed by atoms with Crippen LogP contribution >= 0.6 is 0 Å². The molecular weight excluding hydrogens is 194 g/mol. The van der Waals surface area contributed by atoms with Gasteiger partial charge in [-0.15, -0.1) is 0 Å². The van der Waals surface area contributed by atoms with Crippen molar-refractivity contribution in [3.8, 4) is 0 Å². The highest BCUT2D eigenvalue weighted by molar-refractivity contribution is 5.78. The third-order valence-corrected chi connectivity index (χ3v) is 1.85. The molecule has 5 heteroatoms. The molecular formula is C10H21N3O2. The second kappa shape index (κ2) is 9.45. The number of carbonyl (C=O) groups excluding carboxylic acids is 2. The van der Waals surface area contributed by atoms with Crippen molar-refractivity contribution in [3.05, 3.63) is 0 Å². The molecule has 0 bridgehead atoms. The third-order valence-electron chi connectivity index (χ3n) is 1.85. The van der Waals surface area contributed by atoms with Gasteiger partial charge in [0.2, 0.25) is 11.8 Å². The zero-order chi connectivity index (χ0) is 11.5. The lowest BCUT2D eigenvalue weighted by Crippen LogP contribution is -2.32. The fourth-order valence-electron chi connectivity index (χ4n) is 0.995. The van der Waals surface area contributed by atoms with Crippen molar-refractivity contribution in [2.24, 2.45) is 0 Å². The van der Waals surface area contributed by atoms with Crippen LogP contribution in [0.4, 0.5) is 0 Å². The van der Waals surface area contributed by atoms with E-state index < -0.39 is 0 Å². The molecule has 0 heterocycles. The molecule has 15 heavy (non-hydrogen) atoms. The molecule has 3 N–H and O–H groups in total. The molecule has 0 atom stereocenters. The first-order chi connectivity index (χ1) is 7.20. The van der Waals surface area contributed by atoms with E-state index in [1.807, 2.05) is 6.92 Å². The standard InChI is InChI=1S/C10H21N3O2/c1-3-6-12-10(15)5-8-13-9(14)4-7-11-2/h11H,3-8H2,1-2H3,(H,12,15)(H,13,14). The van der Waals surface area contributed by atoms with Crippen molar-refractivity contribution < 1.29 is 9.59 Å². The molecule has 0 aromatic heterocycles. The van der Waals surface area contributed by atoms with E-state index in [4.69, 9.17) is 0 Å². The summed E-state index contributed by atoms with van der Waals surface area (Å²) < 4.78 is 0. The van der Waals surface area contributed by atoms with Crippen molar-refractivity contribution in [2.75, 3.05) is 26.7 Å². The fraction of sp³-hybridized carbons (Fsp3) is 0.800. The summed E-state index contributed by atoms with van der Waals surface area (Å²) in [4.78, 5) is 22.2. The second-order valence-electron chi connectivity index (χ2n) is 3.30. The number of rotatable bonds is 8. The van der Waals surface area contributed by atoms with Gasteiger partial charge in [0.05, 0.1) is 0 Å². The molecule has 2 amide bonds. The highest BCUT2D eigenvalue weighted by atomic mass is 16.2. The van der Waals surface area contributed by atoms with Gasteiger partial charge in [0.1, 0.15) is 0 Å². The van der Waals surface area contributed by atoms with Gasteiger partial charge in [0, 0.05) is 32.5 Å². The first-order valence-corrected chi connectivity index (χ1v) is 5.38. The van der Waals surface area contributed by atoms with E-state index in [1.54, 1.807) is 7.05 Å². The van der Waals surface area contributed by atoms with Crippen molar-refractivity contribution in [3.63, 3.8) is 0 Å². The van der Waals surface area contributed by atoms with Crippen LogP contribution < -0.4 is 16.0 Å². The number of amides is 2. The molecule has 0 fully saturated rings. The molecule has 0 saturated heterocycles. The summed E-state index contributed by atoms with van der Waals surface area (Å²) in [6.45, 7) is 3.78. The van der Waals surface area contributed by atoms with Crippen molar-refractivity contribution in [1.82, 2.24) is 16.0 Å². The van der Waals surface area contributed by atoms with Gasteiger partial charge in [-0.05, 0) is 13.5 Å². The number of carbonyl (C=O) groups is 2. The Morgan fingerprint density at radius 3 is 2.00 bits per heavy atom. The zero-order valence-electron chi connectivity index (χ0n) is 9.56. The monoisotopic (exact) mass is 215 g/mol. The lowest BCUT2D eigenvalue weighted by atomic mass is 10.3. The van der Waals surface area contributed by atoms with Crippen LogP contribution in [-0.4, -0.2) is 38.5 Å². The third kappa shape index (κ3) is 9.21. The van der Waals surface area contributed by atoms with Gasteiger partial charge in [-0.1, -0.05) is 6.92 Å². The van der Waals surface area contributed by atoms with Crippen molar-refractivity contribution >= 4 is 11.8 Å². The molecule has 88 valence electrons. The summed E-state index contributed by atoms with van der Waals surface area (Å²) in [5.41, 5.74) is 0. The summed E-state index contributed by atoms with van der Waals surface area (Å²) in [5, 5.41) is 8.32. The molecule has 0 radical (unpaired) electrons. The maximum atomic E-state index is 11.1. The Morgan fingerprint density at radius 1 is 0.933 bits per heavy atom. The van der Waals surface area contributed by atoms with Gasteiger partial charge in [-0.3, -0.25) is 9.59 Å². The second-order valence-corrected chi connectivity index (χ2v) is 3.30. The Labute approximate surface area is 91.0 Å². The Balaban J connectivity index is 3.36. The summed E-state index contributed by atoms with van der Waals surface area (Å²) >= 11 is 0.